The van der Waals surface area contributed by atoms with Crippen LogP contribution >= 0.6 is 27.5 Å². The first-order valence-corrected chi connectivity index (χ1v) is 8.18. The number of amides is 1. The van der Waals surface area contributed by atoms with Crippen LogP contribution in [0, 0.1) is 0 Å². The molecule has 0 spiro atoms. The van der Waals surface area contributed by atoms with Crippen molar-refractivity contribution in [2.45, 2.75) is 13.0 Å². The van der Waals surface area contributed by atoms with E-state index in [0.29, 0.717) is 10.8 Å². The van der Waals surface area contributed by atoms with Gasteiger partial charge in [-0.3, -0.25) is 4.79 Å². The highest BCUT2D eigenvalue weighted by Gasteiger charge is 2.17. The predicted octanol–water partition coefficient (Wildman–Crippen LogP) is 4.08. The topological polar surface area (TPSA) is 68.3 Å². The lowest BCUT2D eigenvalue weighted by molar-refractivity contribution is -0.148. The molecule has 1 N–H and O–H groups in total. The Labute approximate surface area is 152 Å². The van der Waals surface area contributed by atoms with Gasteiger partial charge in [-0.05, 0) is 42.8 Å². The highest BCUT2D eigenvalue weighted by atomic mass is 79.9. The van der Waals surface area contributed by atoms with Gasteiger partial charge in [0.05, 0.1) is 5.02 Å². The van der Waals surface area contributed by atoms with Crippen LogP contribution in [0.3, 0.4) is 0 Å². The normalized spacial score (nSPS) is 12.0. The largest absolute Gasteiger partial charge is 0.449 e. The minimum absolute atomic E-state index is 0.331. The van der Waals surface area contributed by atoms with Gasteiger partial charge in [-0.2, -0.15) is 0 Å². The maximum absolute atomic E-state index is 12.0. The van der Waals surface area contributed by atoms with Gasteiger partial charge in [0.15, 0.2) is 6.10 Å². The van der Waals surface area contributed by atoms with Crippen molar-refractivity contribution >= 4 is 51.3 Å². The van der Waals surface area contributed by atoms with Crippen LogP contribution in [0.5, 0.6) is 0 Å². The van der Waals surface area contributed by atoms with E-state index in [1.54, 1.807) is 18.2 Å². The summed E-state index contributed by atoms with van der Waals surface area (Å²) < 4.78 is 5.96. The molecule has 0 bridgehead atoms. The molecule has 1 heterocycles. The number of halogens is 2. The Morgan fingerprint density at radius 2 is 2.12 bits per heavy atom. The van der Waals surface area contributed by atoms with E-state index in [-0.39, 0.29) is 0 Å². The summed E-state index contributed by atoms with van der Waals surface area (Å²) in [4.78, 5) is 27.7. The van der Waals surface area contributed by atoms with Gasteiger partial charge < -0.3 is 10.1 Å². The first-order chi connectivity index (χ1) is 11.4. The minimum Gasteiger partial charge on any atom is -0.449 e. The summed E-state index contributed by atoms with van der Waals surface area (Å²) in [5.41, 5.74) is 0.837. The van der Waals surface area contributed by atoms with Crippen molar-refractivity contribution < 1.29 is 14.3 Å². The minimum atomic E-state index is -0.956. The van der Waals surface area contributed by atoms with Crippen LogP contribution < -0.4 is 5.32 Å². The molecule has 0 unspecified atom stereocenters. The van der Waals surface area contributed by atoms with E-state index in [9.17, 15) is 9.59 Å². The molecule has 0 saturated heterocycles. The number of pyridine rings is 1. The molecule has 1 aromatic heterocycles. The number of benzene rings is 1. The zero-order chi connectivity index (χ0) is 17.5. The summed E-state index contributed by atoms with van der Waals surface area (Å²) in [6.45, 7) is 1.48. The fraction of sp³-hybridized carbons (Fsp3) is 0.118. The standard InChI is InChI=1S/C17H14BrClN2O3/c1-11(17(23)21-15-7-6-14(19)10-20-15)24-16(22)8-5-12-3-2-4-13(18)9-12/h2-11H,1H3,(H,20,21,23)/b8-5+/t11-/m1/s1. The quantitative estimate of drug-likeness (QED) is 0.597. The van der Waals surface area contributed by atoms with Gasteiger partial charge in [0, 0.05) is 16.7 Å². The molecule has 0 aliphatic heterocycles. The molecular formula is C17H14BrClN2O3. The summed E-state index contributed by atoms with van der Waals surface area (Å²) >= 11 is 9.07. The van der Waals surface area contributed by atoms with Crippen molar-refractivity contribution in [2.24, 2.45) is 0 Å². The second kappa shape index (κ2) is 8.61. The molecule has 1 amide bonds. The van der Waals surface area contributed by atoms with Crippen molar-refractivity contribution in [3.05, 3.63) is 63.7 Å². The Hall–Kier alpha value is -2.18. The van der Waals surface area contributed by atoms with E-state index in [1.165, 1.54) is 19.2 Å². The Morgan fingerprint density at radius 3 is 2.79 bits per heavy atom. The van der Waals surface area contributed by atoms with Crippen LogP contribution in [-0.2, 0) is 14.3 Å². The molecule has 2 aromatic rings. The smallest absolute Gasteiger partial charge is 0.331 e. The van der Waals surface area contributed by atoms with E-state index in [1.807, 2.05) is 24.3 Å². The molecule has 0 radical (unpaired) electrons. The lowest BCUT2D eigenvalue weighted by Gasteiger charge is -2.11. The summed E-state index contributed by atoms with van der Waals surface area (Å²) in [7, 11) is 0. The van der Waals surface area contributed by atoms with Crippen molar-refractivity contribution in [1.82, 2.24) is 4.98 Å². The van der Waals surface area contributed by atoms with Crippen molar-refractivity contribution in [3.63, 3.8) is 0 Å². The third-order valence-corrected chi connectivity index (χ3v) is 3.62. The monoisotopic (exact) mass is 408 g/mol. The van der Waals surface area contributed by atoms with Gasteiger partial charge >= 0.3 is 5.97 Å². The fourth-order valence-electron chi connectivity index (χ4n) is 1.72. The summed E-state index contributed by atoms with van der Waals surface area (Å²) in [6, 6.07) is 10.6. The lowest BCUT2D eigenvalue weighted by atomic mass is 10.2. The Bertz CT molecular complexity index is 763. The maximum atomic E-state index is 12.0. The number of carbonyl (C=O) groups excluding carboxylic acids is 2. The van der Waals surface area contributed by atoms with Gasteiger partial charge in [0.25, 0.3) is 5.91 Å². The second-order valence-electron chi connectivity index (χ2n) is 4.82. The molecule has 0 aliphatic rings. The van der Waals surface area contributed by atoms with Crippen LogP contribution in [0.15, 0.2) is 53.1 Å². The number of esters is 1. The predicted molar refractivity (Wildman–Crippen MR) is 96.6 cm³/mol. The number of nitrogens with zero attached hydrogens (tertiary/aromatic N) is 1. The first-order valence-electron chi connectivity index (χ1n) is 7.01. The number of anilines is 1. The average molecular weight is 410 g/mol. The van der Waals surface area contributed by atoms with E-state index >= 15 is 0 Å². The lowest BCUT2D eigenvalue weighted by Crippen LogP contribution is -2.29. The zero-order valence-electron chi connectivity index (χ0n) is 12.7. The SMILES string of the molecule is C[C@@H](OC(=O)/C=C/c1cccc(Br)c1)C(=O)Nc1ccc(Cl)cn1. The molecule has 0 fully saturated rings. The van der Waals surface area contributed by atoms with Crippen LogP contribution in [0.25, 0.3) is 6.08 Å². The molecule has 1 aromatic carbocycles. The van der Waals surface area contributed by atoms with E-state index in [2.05, 4.69) is 26.2 Å². The Balaban J connectivity index is 1.88. The van der Waals surface area contributed by atoms with Gasteiger partial charge in [-0.1, -0.05) is 39.7 Å². The van der Waals surface area contributed by atoms with Gasteiger partial charge in [0.1, 0.15) is 5.82 Å². The number of nitrogens with one attached hydrogen (secondary N) is 1. The zero-order valence-corrected chi connectivity index (χ0v) is 15.0. The van der Waals surface area contributed by atoms with Crippen molar-refractivity contribution in [3.8, 4) is 0 Å². The molecule has 0 aliphatic carbocycles. The van der Waals surface area contributed by atoms with Gasteiger partial charge in [-0.25, -0.2) is 9.78 Å². The summed E-state index contributed by atoms with van der Waals surface area (Å²) in [6.07, 6.45) is 3.33. The van der Waals surface area contributed by atoms with Crippen molar-refractivity contribution in [2.75, 3.05) is 5.32 Å². The number of ether oxygens (including phenoxy) is 1. The third kappa shape index (κ3) is 5.79. The van der Waals surface area contributed by atoms with Gasteiger partial charge in [-0.15, -0.1) is 0 Å². The Kier molecular flexibility index (Phi) is 6.52. The molecule has 24 heavy (non-hydrogen) atoms. The average Bonchev–Trinajstić information content (AvgIpc) is 2.55. The van der Waals surface area contributed by atoms with E-state index in [0.717, 1.165) is 10.0 Å². The molecule has 1 atom stereocenters. The number of aromatic nitrogens is 1. The number of carbonyl (C=O) groups is 2. The van der Waals surface area contributed by atoms with Crippen LogP contribution in [0.2, 0.25) is 5.02 Å². The molecule has 7 heteroatoms. The van der Waals surface area contributed by atoms with Crippen molar-refractivity contribution in [1.29, 1.82) is 0 Å². The Morgan fingerprint density at radius 1 is 1.33 bits per heavy atom. The molecule has 5 nitrogen and oxygen atoms in total. The molecular weight excluding hydrogens is 396 g/mol. The third-order valence-electron chi connectivity index (χ3n) is 2.90. The van der Waals surface area contributed by atoms with Crippen LogP contribution in [0.1, 0.15) is 12.5 Å². The maximum Gasteiger partial charge on any atom is 0.331 e. The molecule has 2 rings (SSSR count). The summed E-state index contributed by atoms with van der Waals surface area (Å²) in [5, 5.41) is 3.00. The number of hydrogen-bond donors (Lipinski definition) is 1. The van der Waals surface area contributed by atoms with E-state index in [4.69, 9.17) is 16.3 Å². The number of rotatable bonds is 5. The number of hydrogen-bond acceptors (Lipinski definition) is 4. The fourth-order valence-corrected chi connectivity index (χ4v) is 2.25. The van der Waals surface area contributed by atoms with E-state index < -0.39 is 18.0 Å². The van der Waals surface area contributed by atoms with Crippen LogP contribution in [-0.4, -0.2) is 23.0 Å². The molecule has 124 valence electrons. The first kappa shape index (κ1) is 18.2. The van der Waals surface area contributed by atoms with Crippen LogP contribution in [0.4, 0.5) is 5.82 Å². The highest BCUT2D eigenvalue weighted by Crippen LogP contribution is 2.13. The highest BCUT2D eigenvalue weighted by molar-refractivity contribution is 9.10. The van der Waals surface area contributed by atoms with Gasteiger partial charge in [0.2, 0.25) is 0 Å². The second-order valence-corrected chi connectivity index (χ2v) is 6.17. The summed E-state index contributed by atoms with van der Waals surface area (Å²) in [5.74, 6) is -0.757. The molecule has 0 saturated carbocycles.